The Bertz CT molecular complexity index is 1230. The molecule has 1 saturated heterocycles. The zero-order valence-electron chi connectivity index (χ0n) is 22.2. The summed E-state index contributed by atoms with van der Waals surface area (Å²) in [5, 5.41) is 5.04. The number of rotatable bonds is 11. The maximum atomic E-state index is 13.1. The normalized spacial score (nSPS) is 13.8. The highest BCUT2D eigenvalue weighted by Crippen LogP contribution is 2.38. The minimum atomic E-state index is 0.0403. The second-order valence-corrected chi connectivity index (χ2v) is 11.4. The average molecular weight is 573 g/mol. The number of nitrogens with one attached hydrogen (secondary N) is 1. The summed E-state index contributed by atoms with van der Waals surface area (Å²) in [6, 6.07) is 15.4. The van der Waals surface area contributed by atoms with E-state index in [0.29, 0.717) is 21.6 Å². The van der Waals surface area contributed by atoms with Crippen molar-refractivity contribution in [3.05, 3.63) is 74.9 Å². The molecule has 4 rings (SSSR count). The van der Waals surface area contributed by atoms with E-state index in [9.17, 15) is 4.79 Å². The number of aromatic nitrogens is 1. The molecule has 0 saturated carbocycles. The molecular weight excluding hydrogens is 537 g/mol. The molecule has 2 heterocycles. The molecule has 38 heavy (non-hydrogen) atoms. The molecule has 1 aliphatic rings. The summed E-state index contributed by atoms with van der Waals surface area (Å²) in [5.74, 6) is 0.159. The van der Waals surface area contributed by atoms with Gasteiger partial charge in [0.1, 0.15) is 0 Å². The zero-order chi connectivity index (χ0) is 27.1. The number of hydrogen-bond donors (Lipinski definition) is 1. The van der Waals surface area contributed by atoms with E-state index < -0.39 is 0 Å². The molecule has 202 valence electrons. The molecule has 1 N–H and O–H groups in total. The van der Waals surface area contributed by atoms with Gasteiger partial charge in [0.05, 0.1) is 11.4 Å². The van der Waals surface area contributed by atoms with Crippen molar-refractivity contribution in [3.8, 4) is 22.4 Å². The number of nitrogens with zero attached hydrogens (tertiary/aromatic N) is 2. The predicted octanol–water partition coefficient (Wildman–Crippen LogP) is 8.80. The molecule has 7 heteroatoms. The van der Waals surface area contributed by atoms with Gasteiger partial charge in [-0.15, -0.1) is 0 Å². The highest BCUT2D eigenvalue weighted by molar-refractivity contribution is 6.36. The third-order valence-electron chi connectivity index (χ3n) is 7.20. The fraction of sp³-hybridized carbons (Fsp3) is 0.419. The van der Waals surface area contributed by atoms with Crippen LogP contribution in [0.15, 0.2) is 48.5 Å². The maximum Gasteiger partial charge on any atom is 0.223 e. The summed E-state index contributed by atoms with van der Waals surface area (Å²) >= 11 is 19.1. The second kappa shape index (κ2) is 13.8. The molecule has 1 fully saturated rings. The van der Waals surface area contributed by atoms with Crippen LogP contribution < -0.4 is 5.32 Å². The van der Waals surface area contributed by atoms with Gasteiger partial charge < -0.3 is 5.32 Å². The highest BCUT2D eigenvalue weighted by Gasteiger charge is 2.22. The van der Waals surface area contributed by atoms with Crippen molar-refractivity contribution in [2.75, 3.05) is 13.1 Å². The molecule has 0 unspecified atom stereocenters. The molecule has 3 aromatic rings. The van der Waals surface area contributed by atoms with Crippen LogP contribution in [-0.4, -0.2) is 28.9 Å². The van der Waals surface area contributed by atoms with Gasteiger partial charge in [0.2, 0.25) is 5.91 Å². The molecule has 4 nitrogen and oxygen atoms in total. The molecule has 0 aliphatic carbocycles. The zero-order valence-corrected chi connectivity index (χ0v) is 24.5. The van der Waals surface area contributed by atoms with E-state index in [-0.39, 0.29) is 11.8 Å². The Morgan fingerprint density at radius 3 is 2.21 bits per heavy atom. The molecule has 0 atom stereocenters. The molecule has 0 bridgehead atoms. The molecule has 1 aromatic heterocycles. The molecular formula is C31H36Cl3N3O. The van der Waals surface area contributed by atoms with Crippen molar-refractivity contribution in [3.63, 3.8) is 0 Å². The van der Waals surface area contributed by atoms with Crippen molar-refractivity contribution >= 4 is 40.7 Å². The molecule has 1 aliphatic heterocycles. The van der Waals surface area contributed by atoms with E-state index in [4.69, 9.17) is 39.8 Å². The number of carbonyl (C=O) groups is 1. The molecule has 1 amide bonds. The predicted molar refractivity (Wildman–Crippen MR) is 160 cm³/mol. The third kappa shape index (κ3) is 7.30. The van der Waals surface area contributed by atoms with Gasteiger partial charge in [-0.2, -0.15) is 0 Å². The smallest absolute Gasteiger partial charge is 0.223 e. The van der Waals surface area contributed by atoms with E-state index in [1.165, 1.54) is 12.8 Å². The first-order valence-corrected chi connectivity index (χ1v) is 14.8. The van der Waals surface area contributed by atoms with Crippen molar-refractivity contribution in [2.45, 2.75) is 65.5 Å². The van der Waals surface area contributed by atoms with E-state index >= 15 is 0 Å². The van der Waals surface area contributed by atoms with Crippen molar-refractivity contribution in [1.82, 2.24) is 15.2 Å². The average Bonchev–Trinajstić information content (AvgIpc) is 3.41. The van der Waals surface area contributed by atoms with Crippen LogP contribution in [0.4, 0.5) is 0 Å². The maximum absolute atomic E-state index is 13.1. The Morgan fingerprint density at radius 2 is 1.58 bits per heavy atom. The van der Waals surface area contributed by atoms with E-state index in [2.05, 4.69) is 30.1 Å². The minimum absolute atomic E-state index is 0.0403. The van der Waals surface area contributed by atoms with Crippen LogP contribution in [-0.2, 0) is 17.9 Å². The summed E-state index contributed by atoms with van der Waals surface area (Å²) in [6.45, 7) is 7.55. The van der Waals surface area contributed by atoms with Crippen LogP contribution in [0.3, 0.4) is 0 Å². The molecule has 0 radical (unpaired) electrons. The standard InChI is InChI=1S/C31H36Cl3N3O/c1-3-7-22(8-4-2)31(38)35-19-23-17-27(26-14-13-25(33)18-28(26)34)30(21-9-11-24(32)12-10-21)36-29(23)20-37-15-5-6-16-37/h9-14,17-18,22H,3-8,15-16,19-20H2,1-2H3,(H,35,38). The highest BCUT2D eigenvalue weighted by atomic mass is 35.5. The minimum Gasteiger partial charge on any atom is -0.352 e. The van der Waals surface area contributed by atoms with Crippen LogP contribution in [0, 0.1) is 5.92 Å². The lowest BCUT2D eigenvalue weighted by atomic mass is 9.95. The van der Waals surface area contributed by atoms with Gasteiger partial charge in [-0.05, 0) is 74.7 Å². The van der Waals surface area contributed by atoms with Gasteiger partial charge >= 0.3 is 0 Å². The Labute approximate surface area is 241 Å². The first-order chi connectivity index (χ1) is 18.4. The van der Waals surface area contributed by atoms with Crippen LogP contribution in [0.2, 0.25) is 15.1 Å². The summed E-state index contributed by atoms with van der Waals surface area (Å²) in [6.07, 6.45) is 6.19. The monoisotopic (exact) mass is 571 g/mol. The van der Waals surface area contributed by atoms with Gasteiger partial charge in [-0.3, -0.25) is 14.7 Å². The lowest BCUT2D eigenvalue weighted by Crippen LogP contribution is -2.31. The SMILES string of the molecule is CCCC(CCC)C(=O)NCc1cc(-c2ccc(Cl)cc2Cl)c(-c2ccc(Cl)cc2)nc1CN1CCCC1. The van der Waals surface area contributed by atoms with Crippen LogP contribution in [0.25, 0.3) is 22.4 Å². The van der Waals surface area contributed by atoms with Crippen molar-refractivity contribution in [1.29, 1.82) is 0 Å². The first-order valence-electron chi connectivity index (χ1n) is 13.6. The van der Waals surface area contributed by atoms with Gasteiger partial charge in [-0.1, -0.05) is 79.7 Å². The van der Waals surface area contributed by atoms with Gasteiger partial charge in [0, 0.05) is 50.8 Å². The number of benzene rings is 2. The molecule has 2 aromatic carbocycles. The lowest BCUT2D eigenvalue weighted by molar-refractivity contribution is -0.125. The largest absolute Gasteiger partial charge is 0.352 e. The lowest BCUT2D eigenvalue weighted by Gasteiger charge is -2.22. The van der Waals surface area contributed by atoms with Gasteiger partial charge in [0.15, 0.2) is 0 Å². The summed E-state index contributed by atoms with van der Waals surface area (Å²) < 4.78 is 0. The Morgan fingerprint density at radius 1 is 0.921 bits per heavy atom. The summed E-state index contributed by atoms with van der Waals surface area (Å²) in [4.78, 5) is 20.8. The van der Waals surface area contributed by atoms with Crippen LogP contribution in [0.1, 0.15) is 63.6 Å². The number of pyridine rings is 1. The topological polar surface area (TPSA) is 45.2 Å². The summed E-state index contributed by atoms with van der Waals surface area (Å²) in [5.41, 5.74) is 5.54. The number of hydrogen-bond acceptors (Lipinski definition) is 3. The fourth-order valence-electron chi connectivity index (χ4n) is 5.21. The van der Waals surface area contributed by atoms with Crippen molar-refractivity contribution < 1.29 is 4.79 Å². The Balaban J connectivity index is 1.79. The van der Waals surface area contributed by atoms with Crippen LogP contribution in [0.5, 0.6) is 0 Å². The van der Waals surface area contributed by atoms with E-state index in [0.717, 1.165) is 79.0 Å². The second-order valence-electron chi connectivity index (χ2n) is 10.1. The Hall–Kier alpha value is -2.11. The quantitative estimate of drug-likeness (QED) is 0.250. The van der Waals surface area contributed by atoms with Crippen LogP contribution >= 0.6 is 34.8 Å². The fourth-order valence-corrected chi connectivity index (χ4v) is 5.84. The number of halogens is 3. The molecule has 0 spiro atoms. The number of carbonyl (C=O) groups excluding carboxylic acids is 1. The first kappa shape index (κ1) is 28.9. The van der Waals surface area contributed by atoms with Gasteiger partial charge in [-0.25, -0.2) is 0 Å². The van der Waals surface area contributed by atoms with E-state index in [1.54, 1.807) is 6.07 Å². The van der Waals surface area contributed by atoms with E-state index in [1.807, 2.05) is 36.4 Å². The number of amides is 1. The van der Waals surface area contributed by atoms with Gasteiger partial charge in [0.25, 0.3) is 0 Å². The van der Waals surface area contributed by atoms with Crippen molar-refractivity contribution in [2.24, 2.45) is 5.92 Å². The summed E-state index contributed by atoms with van der Waals surface area (Å²) in [7, 11) is 0. The number of likely N-dealkylation sites (tertiary alicyclic amines) is 1. The Kier molecular flexibility index (Phi) is 10.5. The third-order valence-corrected chi connectivity index (χ3v) is 8.00.